The predicted octanol–water partition coefficient (Wildman–Crippen LogP) is 5.72. The zero-order chi connectivity index (χ0) is 22.5. The van der Waals surface area contributed by atoms with Gasteiger partial charge in [0.25, 0.3) is 0 Å². The number of alkyl halides is 18. The topological polar surface area (TPSA) is 0 Å². The van der Waals surface area contributed by atoms with Crippen molar-refractivity contribution >= 4 is 0 Å². The van der Waals surface area contributed by atoms with Gasteiger partial charge in [0.1, 0.15) is 0 Å². The van der Waals surface area contributed by atoms with Crippen LogP contribution >= 0.6 is 0 Å². The Labute approximate surface area is 134 Å². The zero-order valence-electron chi connectivity index (χ0n) is 11.3. The summed E-state index contributed by atoms with van der Waals surface area (Å²) in [6, 6.07) is 0. The van der Waals surface area contributed by atoms with E-state index in [0.717, 1.165) is 0 Å². The van der Waals surface area contributed by atoms with Gasteiger partial charge in [0, 0.05) is 0 Å². The van der Waals surface area contributed by atoms with Crippen LogP contribution in [0.1, 0.15) is 0 Å². The minimum Gasteiger partial charge on any atom is -0.223 e. The molecular formula is C9F18. The molecule has 0 N–H and O–H groups in total. The van der Waals surface area contributed by atoms with E-state index in [9.17, 15) is 79.0 Å². The molecule has 0 aliphatic heterocycles. The van der Waals surface area contributed by atoms with Gasteiger partial charge in [0.15, 0.2) is 0 Å². The molecule has 1 fully saturated rings. The first-order valence-corrected chi connectivity index (χ1v) is 5.65. The van der Waals surface area contributed by atoms with Gasteiger partial charge in [0.2, 0.25) is 0 Å². The quantitative estimate of drug-likeness (QED) is 0.449. The third kappa shape index (κ3) is 2.01. The zero-order valence-corrected chi connectivity index (χ0v) is 11.3. The van der Waals surface area contributed by atoms with Gasteiger partial charge in [0.05, 0.1) is 0 Å². The van der Waals surface area contributed by atoms with Crippen molar-refractivity contribution < 1.29 is 79.0 Å². The monoisotopic (exact) mass is 450 g/mol. The molecule has 1 aliphatic rings. The Hall–Kier alpha value is -1.26. The maximum atomic E-state index is 13.7. The van der Waals surface area contributed by atoms with E-state index in [0.29, 0.717) is 0 Å². The SMILES string of the molecule is FC(F)(F)C(F)(F)C1(F)C(F)(F)C(F)(F)C(F)(C(F)(F)F)C(F)(F)C1(F)F. The lowest BCUT2D eigenvalue weighted by atomic mass is 9.64. The molecule has 0 spiro atoms. The molecule has 27 heavy (non-hydrogen) atoms. The first-order chi connectivity index (χ1) is 11.2. The van der Waals surface area contributed by atoms with Crippen LogP contribution in [0.15, 0.2) is 0 Å². The van der Waals surface area contributed by atoms with Crippen molar-refractivity contribution in [2.45, 2.75) is 53.3 Å². The fourth-order valence-corrected chi connectivity index (χ4v) is 2.21. The van der Waals surface area contributed by atoms with Crippen molar-refractivity contribution in [1.29, 1.82) is 0 Å². The lowest BCUT2D eigenvalue weighted by molar-refractivity contribution is -0.528. The normalized spacial score (nSPS) is 35.8. The van der Waals surface area contributed by atoms with Crippen LogP contribution in [-0.2, 0) is 0 Å². The summed E-state index contributed by atoms with van der Waals surface area (Å²) in [6.07, 6.45) is -16.1. The van der Waals surface area contributed by atoms with E-state index in [1.165, 1.54) is 0 Å². The highest BCUT2D eigenvalue weighted by atomic mass is 19.4. The van der Waals surface area contributed by atoms with Gasteiger partial charge in [-0.3, -0.25) is 0 Å². The molecule has 0 saturated heterocycles. The van der Waals surface area contributed by atoms with Gasteiger partial charge >= 0.3 is 53.3 Å². The van der Waals surface area contributed by atoms with Gasteiger partial charge in [-0.1, -0.05) is 0 Å². The van der Waals surface area contributed by atoms with Crippen molar-refractivity contribution in [2.24, 2.45) is 0 Å². The van der Waals surface area contributed by atoms with Crippen LogP contribution in [0, 0.1) is 0 Å². The molecule has 0 nitrogen and oxygen atoms in total. The lowest BCUT2D eigenvalue weighted by Gasteiger charge is -2.56. The van der Waals surface area contributed by atoms with Crippen LogP contribution < -0.4 is 0 Å². The molecule has 0 bridgehead atoms. The lowest BCUT2D eigenvalue weighted by Crippen LogP contribution is -2.91. The summed E-state index contributed by atoms with van der Waals surface area (Å²) in [5, 5.41) is 0. The van der Waals surface area contributed by atoms with Crippen LogP contribution in [0.4, 0.5) is 79.0 Å². The second-order valence-corrected chi connectivity index (χ2v) is 5.18. The fraction of sp³-hybridized carbons (Fsp3) is 1.00. The fourth-order valence-electron chi connectivity index (χ4n) is 2.21. The van der Waals surface area contributed by atoms with Crippen molar-refractivity contribution in [3.63, 3.8) is 0 Å². The molecule has 1 aliphatic carbocycles. The van der Waals surface area contributed by atoms with E-state index < -0.39 is 53.3 Å². The van der Waals surface area contributed by atoms with Crippen molar-refractivity contribution in [3.05, 3.63) is 0 Å². The molecular weight excluding hydrogens is 450 g/mol. The summed E-state index contributed by atoms with van der Waals surface area (Å²) in [7, 11) is 0. The second-order valence-electron chi connectivity index (χ2n) is 5.18. The largest absolute Gasteiger partial charge is 0.457 e. The summed E-state index contributed by atoms with van der Waals surface area (Å²) < 4.78 is 231. The van der Waals surface area contributed by atoms with E-state index >= 15 is 0 Å². The third-order valence-corrected chi connectivity index (χ3v) is 3.70. The maximum absolute atomic E-state index is 13.7. The minimum absolute atomic E-state index is 8.02. The van der Waals surface area contributed by atoms with Gasteiger partial charge in [-0.15, -0.1) is 0 Å². The number of rotatable bonds is 1. The Balaban J connectivity index is 4.19. The van der Waals surface area contributed by atoms with Gasteiger partial charge in [-0.05, 0) is 0 Å². The predicted molar refractivity (Wildman–Crippen MR) is 44.5 cm³/mol. The molecule has 0 amide bonds. The summed E-state index contributed by atoms with van der Waals surface area (Å²) in [6.45, 7) is 0. The van der Waals surface area contributed by atoms with Crippen molar-refractivity contribution in [2.75, 3.05) is 0 Å². The average Bonchev–Trinajstić information content (AvgIpc) is 2.40. The van der Waals surface area contributed by atoms with Crippen LogP contribution in [0.25, 0.3) is 0 Å². The number of halogens is 18. The van der Waals surface area contributed by atoms with E-state index in [2.05, 4.69) is 0 Å². The van der Waals surface area contributed by atoms with Gasteiger partial charge in [-0.25, -0.2) is 8.78 Å². The maximum Gasteiger partial charge on any atom is 0.457 e. The van der Waals surface area contributed by atoms with Crippen molar-refractivity contribution in [3.8, 4) is 0 Å². The minimum atomic E-state index is -8.72. The Bertz CT molecular complexity index is 575. The summed E-state index contributed by atoms with van der Waals surface area (Å²) in [4.78, 5) is 0. The molecule has 162 valence electrons. The van der Waals surface area contributed by atoms with Crippen molar-refractivity contribution in [1.82, 2.24) is 0 Å². The second kappa shape index (κ2) is 5.01. The molecule has 0 heterocycles. The molecule has 1 saturated carbocycles. The highest BCUT2D eigenvalue weighted by Gasteiger charge is 3.09. The molecule has 1 rings (SSSR count). The molecule has 0 aromatic rings. The Morgan fingerprint density at radius 2 is 0.593 bits per heavy atom. The van der Waals surface area contributed by atoms with Crippen LogP contribution in [0.5, 0.6) is 0 Å². The van der Waals surface area contributed by atoms with E-state index in [4.69, 9.17) is 0 Å². The first kappa shape index (κ1) is 23.8. The standard InChI is InChI=1S/C9F18/c10-1(7(20,21)9(25,26)27)3(12,13)5(16,17)2(11,8(22,23)24)6(18,19)4(1,14)15. The molecule has 0 unspecified atom stereocenters. The molecule has 0 aromatic heterocycles. The van der Waals surface area contributed by atoms with Gasteiger partial charge < -0.3 is 0 Å². The van der Waals surface area contributed by atoms with E-state index in [1.807, 2.05) is 0 Å². The number of hydrogen-bond donors (Lipinski definition) is 0. The highest BCUT2D eigenvalue weighted by molar-refractivity contribution is 5.34. The first-order valence-electron chi connectivity index (χ1n) is 5.65. The van der Waals surface area contributed by atoms with E-state index in [-0.39, 0.29) is 0 Å². The smallest absolute Gasteiger partial charge is 0.223 e. The molecule has 0 aromatic carbocycles. The molecule has 0 atom stereocenters. The van der Waals surface area contributed by atoms with E-state index in [1.54, 1.807) is 0 Å². The van der Waals surface area contributed by atoms with Crippen LogP contribution in [-0.4, -0.2) is 53.3 Å². The Morgan fingerprint density at radius 1 is 0.370 bits per heavy atom. The molecule has 0 radical (unpaired) electrons. The summed E-state index contributed by atoms with van der Waals surface area (Å²) >= 11 is 0. The Morgan fingerprint density at radius 3 is 0.778 bits per heavy atom. The summed E-state index contributed by atoms with van der Waals surface area (Å²) in [5.74, 6) is -42.9. The third-order valence-electron chi connectivity index (χ3n) is 3.70. The molecule has 18 heteroatoms. The number of hydrogen-bond acceptors (Lipinski definition) is 0. The van der Waals surface area contributed by atoms with Crippen LogP contribution in [0.2, 0.25) is 0 Å². The van der Waals surface area contributed by atoms with Gasteiger partial charge in [-0.2, -0.15) is 70.2 Å². The highest BCUT2D eigenvalue weighted by Crippen LogP contribution is 2.75. The van der Waals surface area contributed by atoms with Crippen LogP contribution in [0.3, 0.4) is 0 Å². The average molecular weight is 450 g/mol. The summed E-state index contributed by atoms with van der Waals surface area (Å²) in [5.41, 5.74) is -17.2. The Kier molecular flexibility index (Phi) is 4.41.